The summed E-state index contributed by atoms with van der Waals surface area (Å²) >= 11 is 1.95. The third-order valence-electron chi connectivity index (χ3n) is 4.35. The molecule has 1 saturated heterocycles. The SMILES string of the molecule is CCc1c(N2CCSCC2)oc(C=C2C=Nc3ncccc32)c1O. The summed E-state index contributed by atoms with van der Waals surface area (Å²) in [5.41, 5.74) is 2.75. The predicted octanol–water partition coefficient (Wildman–Crippen LogP) is 3.75. The molecule has 0 spiro atoms. The summed E-state index contributed by atoms with van der Waals surface area (Å²) in [4.78, 5) is 10.8. The maximum atomic E-state index is 10.6. The normalized spacial score (nSPS) is 18.4. The molecule has 2 aliphatic heterocycles. The molecular weight excluding hydrogens is 322 g/mol. The number of hydrogen-bond acceptors (Lipinski definition) is 6. The third-order valence-corrected chi connectivity index (χ3v) is 5.29. The molecular formula is C18H19N3O2S. The molecule has 0 radical (unpaired) electrons. The Bertz CT molecular complexity index is 820. The molecule has 0 unspecified atom stereocenters. The fourth-order valence-corrected chi connectivity index (χ4v) is 3.99. The lowest BCUT2D eigenvalue weighted by atomic mass is 10.1. The van der Waals surface area contributed by atoms with E-state index in [1.54, 1.807) is 12.4 Å². The first-order valence-electron chi connectivity index (χ1n) is 8.16. The van der Waals surface area contributed by atoms with Crippen LogP contribution in [-0.2, 0) is 6.42 Å². The Hall–Kier alpha value is -2.21. The molecule has 6 heteroatoms. The van der Waals surface area contributed by atoms with Crippen LogP contribution in [0.15, 0.2) is 27.7 Å². The van der Waals surface area contributed by atoms with Gasteiger partial charge < -0.3 is 14.4 Å². The molecule has 1 N–H and O–H groups in total. The molecule has 4 rings (SSSR count). The van der Waals surface area contributed by atoms with Gasteiger partial charge in [0, 0.05) is 48.1 Å². The third kappa shape index (κ3) is 2.60. The number of hydrogen-bond donors (Lipinski definition) is 1. The van der Waals surface area contributed by atoms with Gasteiger partial charge in [-0.05, 0) is 24.6 Å². The lowest BCUT2D eigenvalue weighted by Gasteiger charge is -2.26. The Morgan fingerprint density at radius 3 is 3.00 bits per heavy atom. The highest BCUT2D eigenvalue weighted by Gasteiger charge is 2.24. The van der Waals surface area contributed by atoms with E-state index in [9.17, 15) is 5.11 Å². The highest BCUT2D eigenvalue weighted by Crippen LogP contribution is 2.40. The van der Waals surface area contributed by atoms with Gasteiger partial charge in [0.25, 0.3) is 0 Å². The maximum Gasteiger partial charge on any atom is 0.203 e. The molecule has 0 aromatic carbocycles. The molecule has 2 aromatic rings. The number of thioether (sulfide) groups is 1. The Morgan fingerprint density at radius 2 is 2.21 bits per heavy atom. The largest absolute Gasteiger partial charge is 0.504 e. The average Bonchev–Trinajstić information content (AvgIpc) is 3.18. The van der Waals surface area contributed by atoms with Crippen molar-refractivity contribution in [1.29, 1.82) is 0 Å². The minimum Gasteiger partial charge on any atom is -0.504 e. The number of aromatic nitrogens is 1. The maximum absolute atomic E-state index is 10.6. The molecule has 4 heterocycles. The van der Waals surface area contributed by atoms with E-state index in [4.69, 9.17) is 4.42 Å². The van der Waals surface area contributed by atoms with Crippen LogP contribution in [0.3, 0.4) is 0 Å². The van der Waals surface area contributed by atoms with Crippen molar-refractivity contribution >= 4 is 41.3 Å². The van der Waals surface area contributed by atoms with E-state index in [0.717, 1.165) is 53.6 Å². The van der Waals surface area contributed by atoms with E-state index in [1.165, 1.54) is 0 Å². The van der Waals surface area contributed by atoms with Crippen LogP contribution in [0.2, 0.25) is 0 Å². The van der Waals surface area contributed by atoms with E-state index in [0.29, 0.717) is 11.6 Å². The van der Waals surface area contributed by atoms with E-state index >= 15 is 0 Å². The smallest absolute Gasteiger partial charge is 0.203 e. The van der Waals surface area contributed by atoms with Crippen molar-refractivity contribution in [2.45, 2.75) is 13.3 Å². The fraction of sp³-hybridized carbons (Fsp3) is 0.333. The zero-order valence-corrected chi connectivity index (χ0v) is 14.3. The summed E-state index contributed by atoms with van der Waals surface area (Å²) < 4.78 is 6.06. The summed E-state index contributed by atoms with van der Waals surface area (Å²) in [5.74, 6) is 4.43. The number of nitrogens with zero attached hydrogens (tertiary/aromatic N) is 3. The van der Waals surface area contributed by atoms with Crippen LogP contribution in [-0.4, -0.2) is 40.9 Å². The lowest BCUT2D eigenvalue weighted by molar-refractivity contribution is 0.451. The molecule has 5 nitrogen and oxygen atoms in total. The zero-order valence-electron chi connectivity index (χ0n) is 13.5. The minimum absolute atomic E-state index is 0.240. The number of aromatic hydroxyl groups is 1. The second kappa shape index (κ2) is 6.36. The van der Waals surface area contributed by atoms with Crippen LogP contribution in [0, 0.1) is 0 Å². The van der Waals surface area contributed by atoms with Gasteiger partial charge >= 0.3 is 0 Å². The van der Waals surface area contributed by atoms with E-state index in [2.05, 4.69) is 14.9 Å². The minimum atomic E-state index is 0.240. The second-order valence-corrected chi connectivity index (χ2v) is 7.01. The van der Waals surface area contributed by atoms with Crippen molar-refractivity contribution in [3.05, 3.63) is 35.2 Å². The first-order valence-corrected chi connectivity index (χ1v) is 9.32. The van der Waals surface area contributed by atoms with Crippen molar-refractivity contribution < 1.29 is 9.52 Å². The van der Waals surface area contributed by atoms with Gasteiger partial charge in [-0.15, -0.1) is 0 Å². The molecule has 2 aliphatic rings. The van der Waals surface area contributed by atoms with Crippen LogP contribution >= 0.6 is 11.8 Å². The monoisotopic (exact) mass is 341 g/mol. The van der Waals surface area contributed by atoms with Crippen LogP contribution < -0.4 is 4.90 Å². The average molecular weight is 341 g/mol. The first kappa shape index (κ1) is 15.3. The van der Waals surface area contributed by atoms with Crippen molar-refractivity contribution in [3.63, 3.8) is 0 Å². The molecule has 1 fully saturated rings. The number of allylic oxidation sites excluding steroid dienone is 1. The standard InChI is InChI=1S/C18H19N3O2S/c1-2-13-16(22)15(23-18(13)21-6-8-24-9-7-21)10-12-11-20-17-14(12)4-3-5-19-17/h3-5,10-11,22H,2,6-9H2,1H3. The van der Waals surface area contributed by atoms with Gasteiger partial charge in [-0.25, -0.2) is 9.98 Å². The molecule has 2 aromatic heterocycles. The van der Waals surface area contributed by atoms with Crippen LogP contribution in [0.4, 0.5) is 11.7 Å². The highest BCUT2D eigenvalue weighted by molar-refractivity contribution is 7.99. The summed E-state index contributed by atoms with van der Waals surface area (Å²) in [6, 6.07) is 3.86. The summed E-state index contributed by atoms with van der Waals surface area (Å²) in [6.07, 6.45) is 6.09. The number of fused-ring (bicyclic) bond motifs is 1. The van der Waals surface area contributed by atoms with Gasteiger partial charge in [-0.3, -0.25) is 0 Å². The quantitative estimate of drug-likeness (QED) is 0.921. The van der Waals surface area contributed by atoms with Crippen LogP contribution in [0.25, 0.3) is 11.6 Å². The Kier molecular flexibility index (Phi) is 4.06. The van der Waals surface area contributed by atoms with E-state index in [1.807, 2.05) is 36.9 Å². The van der Waals surface area contributed by atoms with Crippen molar-refractivity contribution in [3.8, 4) is 5.75 Å². The molecule has 0 saturated carbocycles. The van der Waals surface area contributed by atoms with Gasteiger partial charge in [0.15, 0.2) is 17.3 Å². The summed E-state index contributed by atoms with van der Waals surface area (Å²) in [5, 5.41) is 10.6. The molecule has 0 amide bonds. The van der Waals surface area contributed by atoms with Gasteiger partial charge in [0.2, 0.25) is 5.88 Å². The summed E-state index contributed by atoms with van der Waals surface area (Å²) in [6.45, 7) is 3.95. The molecule has 0 bridgehead atoms. The first-order chi connectivity index (χ1) is 11.8. The second-order valence-electron chi connectivity index (χ2n) is 5.78. The van der Waals surface area contributed by atoms with E-state index in [-0.39, 0.29) is 5.75 Å². The lowest BCUT2D eigenvalue weighted by Crippen LogP contribution is -2.32. The highest BCUT2D eigenvalue weighted by atomic mass is 32.2. The summed E-state index contributed by atoms with van der Waals surface area (Å²) in [7, 11) is 0. The van der Waals surface area contributed by atoms with Crippen LogP contribution in [0.1, 0.15) is 23.8 Å². The van der Waals surface area contributed by atoms with Crippen LogP contribution in [0.5, 0.6) is 5.75 Å². The number of furan rings is 1. The molecule has 0 atom stereocenters. The topological polar surface area (TPSA) is 61.9 Å². The van der Waals surface area contributed by atoms with Crippen molar-refractivity contribution in [2.75, 3.05) is 29.5 Å². The van der Waals surface area contributed by atoms with Crippen molar-refractivity contribution in [2.24, 2.45) is 4.99 Å². The molecule has 124 valence electrons. The molecule has 24 heavy (non-hydrogen) atoms. The van der Waals surface area contributed by atoms with Gasteiger partial charge in [0.05, 0.1) is 5.56 Å². The van der Waals surface area contributed by atoms with E-state index < -0.39 is 0 Å². The Labute approximate surface area is 145 Å². The van der Waals surface area contributed by atoms with Gasteiger partial charge in [-0.1, -0.05) is 6.92 Å². The number of aliphatic imine (C=N–C) groups is 1. The number of rotatable bonds is 3. The molecule has 0 aliphatic carbocycles. The van der Waals surface area contributed by atoms with Gasteiger partial charge in [-0.2, -0.15) is 11.8 Å². The Balaban J connectivity index is 1.73. The predicted molar refractivity (Wildman–Crippen MR) is 99.5 cm³/mol. The number of anilines is 1. The fourth-order valence-electron chi connectivity index (χ4n) is 3.08. The van der Waals surface area contributed by atoms with Gasteiger partial charge in [0.1, 0.15) is 0 Å². The zero-order chi connectivity index (χ0) is 16.5. The Morgan fingerprint density at radius 1 is 1.38 bits per heavy atom. The number of pyridine rings is 1. The van der Waals surface area contributed by atoms with Crippen molar-refractivity contribution in [1.82, 2.24) is 4.98 Å².